The second kappa shape index (κ2) is 7.53. The molecule has 0 aliphatic carbocycles. The van der Waals surface area contributed by atoms with E-state index in [9.17, 15) is 0 Å². The normalized spacial score (nSPS) is 14.2. The van der Waals surface area contributed by atoms with Crippen molar-refractivity contribution in [1.29, 1.82) is 0 Å². The van der Waals surface area contributed by atoms with E-state index in [4.69, 9.17) is 0 Å². The van der Waals surface area contributed by atoms with Crippen molar-refractivity contribution >= 4 is 21.4 Å². The maximum Gasteiger partial charge on any atom is 0.0345 e. The third kappa shape index (κ3) is 3.57. The van der Waals surface area contributed by atoms with Crippen LogP contribution >= 0.6 is 11.3 Å². The van der Waals surface area contributed by atoms with Crippen molar-refractivity contribution in [3.63, 3.8) is 0 Å². The highest BCUT2D eigenvalue weighted by atomic mass is 32.1. The van der Waals surface area contributed by atoms with E-state index in [1.54, 1.807) is 5.56 Å². The zero-order chi connectivity index (χ0) is 17.1. The van der Waals surface area contributed by atoms with Gasteiger partial charge in [-0.3, -0.25) is 0 Å². The molecule has 0 radical (unpaired) electrons. The SMILES string of the molecule is CCC(c1ccccc1CC(C)c1cc2ccccc2s1)C(C)C. The van der Waals surface area contributed by atoms with Crippen LogP contribution in [0.4, 0.5) is 0 Å². The molecule has 0 bridgehead atoms. The Morgan fingerprint density at radius 1 is 0.917 bits per heavy atom. The smallest absolute Gasteiger partial charge is 0.0345 e. The molecule has 24 heavy (non-hydrogen) atoms. The minimum absolute atomic E-state index is 0.563. The first-order chi connectivity index (χ1) is 11.6. The maximum absolute atomic E-state index is 2.38. The van der Waals surface area contributed by atoms with E-state index in [0.29, 0.717) is 17.8 Å². The molecule has 0 saturated heterocycles. The van der Waals surface area contributed by atoms with E-state index in [1.807, 2.05) is 11.3 Å². The molecule has 0 amide bonds. The van der Waals surface area contributed by atoms with E-state index in [0.717, 1.165) is 6.42 Å². The molecule has 3 rings (SSSR count). The van der Waals surface area contributed by atoms with Gasteiger partial charge in [0.05, 0.1) is 0 Å². The molecule has 2 aromatic carbocycles. The zero-order valence-electron chi connectivity index (χ0n) is 15.3. The van der Waals surface area contributed by atoms with Gasteiger partial charge < -0.3 is 0 Å². The largest absolute Gasteiger partial charge is 0.140 e. The monoisotopic (exact) mass is 336 g/mol. The quantitative estimate of drug-likeness (QED) is 0.440. The predicted octanol–water partition coefficient (Wildman–Crippen LogP) is 7.40. The Kier molecular flexibility index (Phi) is 5.40. The van der Waals surface area contributed by atoms with Crippen molar-refractivity contribution in [3.8, 4) is 0 Å². The van der Waals surface area contributed by atoms with Crippen molar-refractivity contribution in [3.05, 3.63) is 70.6 Å². The van der Waals surface area contributed by atoms with Crippen LogP contribution in [0.2, 0.25) is 0 Å². The fraction of sp³-hybridized carbons (Fsp3) is 0.391. The molecule has 1 heterocycles. The van der Waals surface area contributed by atoms with E-state index in [1.165, 1.54) is 26.9 Å². The van der Waals surface area contributed by atoms with Crippen molar-refractivity contribution in [1.82, 2.24) is 0 Å². The summed E-state index contributed by atoms with van der Waals surface area (Å²) in [5.41, 5.74) is 3.09. The van der Waals surface area contributed by atoms with Crippen molar-refractivity contribution < 1.29 is 0 Å². The summed E-state index contributed by atoms with van der Waals surface area (Å²) in [6.45, 7) is 9.38. The number of rotatable bonds is 6. The van der Waals surface area contributed by atoms with E-state index in [2.05, 4.69) is 82.3 Å². The summed E-state index contributed by atoms with van der Waals surface area (Å²) in [7, 11) is 0. The van der Waals surface area contributed by atoms with Gasteiger partial charge in [-0.15, -0.1) is 11.3 Å². The number of fused-ring (bicyclic) bond motifs is 1. The Hall–Kier alpha value is -1.60. The van der Waals surface area contributed by atoms with Crippen molar-refractivity contribution in [2.75, 3.05) is 0 Å². The summed E-state index contributed by atoms with van der Waals surface area (Å²) in [4.78, 5) is 1.50. The van der Waals surface area contributed by atoms with Crippen LogP contribution in [0, 0.1) is 5.92 Å². The summed E-state index contributed by atoms with van der Waals surface area (Å²) in [6, 6.07) is 20.2. The van der Waals surface area contributed by atoms with E-state index >= 15 is 0 Å². The lowest BCUT2D eigenvalue weighted by Crippen LogP contribution is -2.10. The Morgan fingerprint density at radius 2 is 1.62 bits per heavy atom. The molecule has 2 atom stereocenters. The third-order valence-corrected chi connectivity index (χ3v) is 6.50. The van der Waals surface area contributed by atoms with Crippen LogP contribution in [0.5, 0.6) is 0 Å². The molecular weight excluding hydrogens is 308 g/mol. The fourth-order valence-electron chi connectivity index (χ4n) is 3.81. The summed E-state index contributed by atoms with van der Waals surface area (Å²) in [6.07, 6.45) is 2.35. The van der Waals surface area contributed by atoms with Gasteiger partial charge in [-0.2, -0.15) is 0 Å². The average molecular weight is 337 g/mol. The summed E-state index contributed by atoms with van der Waals surface area (Å²) in [5, 5.41) is 1.38. The summed E-state index contributed by atoms with van der Waals surface area (Å²) >= 11 is 1.95. The second-order valence-corrected chi connectivity index (χ2v) is 8.36. The molecule has 0 aliphatic rings. The van der Waals surface area contributed by atoms with Crippen LogP contribution < -0.4 is 0 Å². The van der Waals surface area contributed by atoms with Crippen LogP contribution in [0.15, 0.2) is 54.6 Å². The molecule has 3 aromatic rings. The van der Waals surface area contributed by atoms with Crippen molar-refractivity contribution in [2.24, 2.45) is 5.92 Å². The molecule has 0 aliphatic heterocycles. The van der Waals surface area contributed by atoms with Crippen LogP contribution in [0.1, 0.15) is 62.0 Å². The number of thiophene rings is 1. The Balaban J connectivity index is 1.87. The topological polar surface area (TPSA) is 0 Å². The van der Waals surface area contributed by atoms with Crippen LogP contribution in [0.25, 0.3) is 10.1 Å². The first-order valence-electron chi connectivity index (χ1n) is 9.16. The molecule has 0 N–H and O–H groups in total. The molecule has 0 spiro atoms. The molecule has 0 saturated carbocycles. The summed E-state index contributed by atoms with van der Waals surface area (Å²) < 4.78 is 1.40. The summed E-state index contributed by atoms with van der Waals surface area (Å²) in [5.74, 6) is 1.92. The highest BCUT2D eigenvalue weighted by molar-refractivity contribution is 7.19. The average Bonchev–Trinajstić information content (AvgIpc) is 3.01. The van der Waals surface area contributed by atoms with Gasteiger partial charge >= 0.3 is 0 Å². The maximum atomic E-state index is 2.38. The van der Waals surface area contributed by atoms with Gasteiger partial charge in [0.2, 0.25) is 0 Å². The van der Waals surface area contributed by atoms with Crippen LogP contribution in [-0.2, 0) is 6.42 Å². The minimum Gasteiger partial charge on any atom is -0.140 e. The van der Waals surface area contributed by atoms with Gasteiger partial charge in [0.15, 0.2) is 0 Å². The minimum atomic E-state index is 0.563. The van der Waals surface area contributed by atoms with Gasteiger partial charge in [0.1, 0.15) is 0 Å². The van der Waals surface area contributed by atoms with Crippen LogP contribution in [-0.4, -0.2) is 0 Å². The highest BCUT2D eigenvalue weighted by Crippen LogP contribution is 2.35. The molecular formula is C23H28S. The molecule has 2 unspecified atom stereocenters. The van der Waals surface area contributed by atoms with Crippen molar-refractivity contribution in [2.45, 2.75) is 52.4 Å². The number of benzene rings is 2. The van der Waals surface area contributed by atoms with E-state index < -0.39 is 0 Å². The Labute approximate surface area is 150 Å². The molecule has 1 heteroatoms. The first-order valence-corrected chi connectivity index (χ1v) is 9.98. The molecule has 1 aromatic heterocycles. The fourth-order valence-corrected chi connectivity index (χ4v) is 4.92. The lowest BCUT2D eigenvalue weighted by molar-refractivity contribution is 0.481. The Bertz CT molecular complexity index is 763. The molecule has 0 nitrogen and oxygen atoms in total. The lowest BCUT2D eigenvalue weighted by Gasteiger charge is -2.24. The third-order valence-electron chi connectivity index (χ3n) is 5.16. The number of hydrogen-bond acceptors (Lipinski definition) is 1. The molecule has 0 fully saturated rings. The standard InChI is InChI=1S/C23H28S/c1-5-20(16(2)3)21-12-8-6-10-18(21)14-17(4)23-15-19-11-7-9-13-22(19)24-23/h6-13,15-17,20H,5,14H2,1-4H3. The van der Waals surface area contributed by atoms with Gasteiger partial charge in [-0.25, -0.2) is 0 Å². The van der Waals surface area contributed by atoms with Gasteiger partial charge in [-0.1, -0.05) is 70.2 Å². The Morgan fingerprint density at radius 3 is 2.33 bits per heavy atom. The van der Waals surface area contributed by atoms with Gasteiger partial charge in [0.25, 0.3) is 0 Å². The second-order valence-electron chi connectivity index (χ2n) is 7.25. The molecule has 126 valence electrons. The van der Waals surface area contributed by atoms with Gasteiger partial charge in [-0.05, 0) is 59.2 Å². The highest BCUT2D eigenvalue weighted by Gasteiger charge is 2.19. The van der Waals surface area contributed by atoms with E-state index in [-0.39, 0.29) is 0 Å². The van der Waals surface area contributed by atoms with Crippen LogP contribution in [0.3, 0.4) is 0 Å². The van der Waals surface area contributed by atoms with Gasteiger partial charge in [0, 0.05) is 9.58 Å². The first kappa shape index (κ1) is 17.2. The predicted molar refractivity (Wildman–Crippen MR) is 108 cm³/mol. The zero-order valence-corrected chi connectivity index (χ0v) is 16.1. The lowest BCUT2D eigenvalue weighted by atomic mass is 9.82. The number of hydrogen-bond donors (Lipinski definition) is 0.